The third-order valence-electron chi connectivity index (χ3n) is 5.41. The molecule has 1 amide bonds. The van der Waals surface area contributed by atoms with E-state index in [0.29, 0.717) is 28.7 Å². The van der Waals surface area contributed by atoms with Crippen molar-refractivity contribution in [3.05, 3.63) is 81.9 Å². The molecule has 4 rings (SSSR count). The number of benzene rings is 2. The number of hydrogen-bond acceptors (Lipinski definition) is 4. The van der Waals surface area contributed by atoms with E-state index in [2.05, 4.69) is 15.5 Å². The van der Waals surface area contributed by atoms with Crippen LogP contribution < -0.4 is 10.9 Å². The molecule has 31 heavy (non-hydrogen) atoms. The number of amides is 1. The molecule has 158 valence electrons. The molecule has 2 aromatic heterocycles. The summed E-state index contributed by atoms with van der Waals surface area (Å²) < 4.78 is 3.05. The molecular weight excluding hydrogens is 390 g/mol. The van der Waals surface area contributed by atoms with Gasteiger partial charge >= 0.3 is 0 Å². The van der Waals surface area contributed by atoms with Gasteiger partial charge in [0.05, 0.1) is 22.5 Å². The van der Waals surface area contributed by atoms with Gasteiger partial charge in [-0.05, 0) is 57.0 Å². The summed E-state index contributed by atoms with van der Waals surface area (Å²) in [6.07, 6.45) is 0.432. The highest BCUT2D eigenvalue weighted by molar-refractivity contribution is 5.94. The molecule has 4 aromatic rings. The zero-order chi connectivity index (χ0) is 22.1. The fourth-order valence-corrected chi connectivity index (χ4v) is 3.83. The Balaban J connectivity index is 1.79. The minimum Gasteiger partial charge on any atom is -0.324 e. The number of aryl methyl sites for hydroxylation is 3. The third kappa shape index (κ3) is 3.74. The highest BCUT2D eigenvalue weighted by atomic mass is 16.2. The number of carbonyl (C=O) groups excluding carboxylic acids is 1. The molecule has 0 radical (unpaired) electrons. The van der Waals surface area contributed by atoms with E-state index >= 15 is 0 Å². The van der Waals surface area contributed by atoms with Crippen LogP contribution in [0.3, 0.4) is 0 Å². The molecule has 0 aliphatic rings. The number of hydrogen-bond donors (Lipinski definition) is 1. The van der Waals surface area contributed by atoms with Crippen molar-refractivity contribution in [3.8, 4) is 5.69 Å². The van der Waals surface area contributed by atoms with Gasteiger partial charge in [-0.25, -0.2) is 9.36 Å². The number of fused-ring (bicyclic) bond motifs is 1. The lowest BCUT2D eigenvalue weighted by Gasteiger charge is -2.17. The summed E-state index contributed by atoms with van der Waals surface area (Å²) in [6.45, 7) is 7.50. The molecule has 0 saturated heterocycles. The Labute approximate surface area is 180 Å². The Morgan fingerprint density at radius 2 is 1.77 bits per heavy atom. The summed E-state index contributed by atoms with van der Waals surface area (Å²) in [4.78, 5) is 26.5. The highest BCUT2D eigenvalue weighted by Crippen LogP contribution is 2.22. The van der Waals surface area contributed by atoms with E-state index in [-0.39, 0.29) is 11.5 Å². The molecule has 2 aromatic carbocycles. The first kappa shape index (κ1) is 20.5. The first-order valence-corrected chi connectivity index (χ1v) is 10.3. The van der Waals surface area contributed by atoms with Gasteiger partial charge in [-0.1, -0.05) is 37.3 Å². The molecule has 0 aliphatic heterocycles. The quantitative estimate of drug-likeness (QED) is 0.532. The van der Waals surface area contributed by atoms with Gasteiger partial charge in [-0.3, -0.25) is 9.59 Å². The van der Waals surface area contributed by atoms with Crippen LogP contribution in [0.2, 0.25) is 0 Å². The largest absolute Gasteiger partial charge is 0.324 e. The first-order chi connectivity index (χ1) is 14.9. The van der Waals surface area contributed by atoms with Crippen molar-refractivity contribution < 1.29 is 4.79 Å². The molecule has 0 aliphatic carbocycles. The summed E-state index contributed by atoms with van der Waals surface area (Å²) in [5, 5.41) is 12.5. The Kier molecular flexibility index (Phi) is 5.42. The van der Waals surface area contributed by atoms with Crippen molar-refractivity contribution >= 4 is 22.5 Å². The minimum atomic E-state index is -0.726. The fourth-order valence-electron chi connectivity index (χ4n) is 3.83. The Morgan fingerprint density at radius 1 is 1.03 bits per heavy atom. The average Bonchev–Trinajstić information content (AvgIpc) is 3.11. The first-order valence-electron chi connectivity index (χ1n) is 10.3. The summed E-state index contributed by atoms with van der Waals surface area (Å²) in [7, 11) is 0. The maximum absolute atomic E-state index is 13.4. The predicted molar refractivity (Wildman–Crippen MR) is 122 cm³/mol. The smallest absolute Gasteiger partial charge is 0.278 e. The van der Waals surface area contributed by atoms with E-state index < -0.39 is 6.04 Å². The topological polar surface area (TPSA) is 81.8 Å². The zero-order valence-electron chi connectivity index (χ0n) is 18.1. The van der Waals surface area contributed by atoms with E-state index in [0.717, 1.165) is 16.9 Å². The van der Waals surface area contributed by atoms with Gasteiger partial charge in [0.1, 0.15) is 11.6 Å². The van der Waals surface area contributed by atoms with E-state index in [9.17, 15) is 9.59 Å². The van der Waals surface area contributed by atoms with Crippen LogP contribution in [0, 0.1) is 20.8 Å². The minimum absolute atomic E-state index is 0.269. The normalized spacial score (nSPS) is 12.1. The summed E-state index contributed by atoms with van der Waals surface area (Å²) in [5.41, 5.74) is 4.17. The summed E-state index contributed by atoms with van der Waals surface area (Å²) in [5.74, 6) is -0.269. The molecule has 0 bridgehead atoms. The van der Waals surface area contributed by atoms with Crippen molar-refractivity contribution in [2.45, 2.75) is 40.2 Å². The maximum atomic E-state index is 13.4. The molecular formula is C24H25N5O2. The molecule has 7 nitrogen and oxygen atoms in total. The van der Waals surface area contributed by atoms with Gasteiger partial charge in [0.25, 0.3) is 5.56 Å². The monoisotopic (exact) mass is 415 g/mol. The zero-order valence-corrected chi connectivity index (χ0v) is 18.1. The number of carbonyl (C=O) groups is 1. The van der Waals surface area contributed by atoms with Crippen molar-refractivity contribution in [2.24, 2.45) is 0 Å². The van der Waals surface area contributed by atoms with E-state index in [1.165, 1.54) is 4.68 Å². The van der Waals surface area contributed by atoms with Gasteiger partial charge in [0, 0.05) is 5.69 Å². The van der Waals surface area contributed by atoms with Crippen LogP contribution in [0.5, 0.6) is 0 Å². The lowest BCUT2D eigenvalue weighted by molar-refractivity contribution is -0.119. The second-order valence-electron chi connectivity index (χ2n) is 7.67. The second kappa shape index (κ2) is 8.18. The Hall–Kier alpha value is -3.74. The number of rotatable bonds is 5. The predicted octanol–water partition coefficient (Wildman–Crippen LogP) is 4.10. The molecule has 1 atom stereocenters. The van der Waals surface area contributed by atoms with Gasteiger partial charge in [-0.15, -0.1) is 0 Å². The van der Waals surface area contributed by atoms with Crippen molar-refractivity contribution in [1.29, 1.82) is 0 Å². The number of nitrogens with one attached hydrogen (secondary N) is 1. The van der Waals surface area contributed by atoms with Gasteiger partial charge in [0.15, 0.2) is 0 Å². The van der Waals surface area contributed by atoms with Crippen LogP contribution in [0.15, 0.2) is 59.4 Å². The third-order valence-corrected chi connectivity index (χ3v) is 5.41. The Bertz CT molecular complexity index is 1320. The van der Waals surface area contributed by atoms with Gasteiger partial charge in [-0.2, -0.15) is 10.2 Å². The van der Waals surface area contributed by atoms with Crippen LogP contribution >= 0.6 is 0 Å². The van der Waals surface area contributed by atoms with Crippen LogP contribution in [-0.2, 0) is 4.79 Å². The highest BCUT2D eigenvalue weighted by Gasteiger charge is 2.25. The second-order valence-corrected chi connectivity index (χ2v) is 7.67. The van der Waals surface area contributed by atoms with E-state index in [4.69, 9.17) is 0 Å². The van der Waals surface area contributed by atoms with Crippen molar-refractivity contribution in [1.82, 2.24) is 19.6 Å². The number of aromatic nitrogens is 4. The molecule has 1 N–H and O–H groups in total. The SMILES string of the molecule is CC[C@H](C(=O)Nc1cccc(C)c1)n1nc(C)c2nn(-c3ccccc3)c(C)c2c1=O. The molecule has 0 fully saturated rings. The van der Waals surface area contributed by atoms with Crippen LogP contribution in [0.4, 0.5) is 5.69 Å². The maximum Gasteiger partial charge on any atom is 0.278 e. The number of para-hydroxylation sites is 1. The molecule has 0 unspecified atom stereocenters. The fraction of sp³-hybridized carbons (Fsp3) is 0.250. The lowest BCUT2D eigenvalue weighted by atomic mass is 10.1. The number of nitrogens with zero attached hydrogens (tertiary/aromatic N) is 4. The van der Waals surface area contributed by atoms with E-state index in [1.807, 2.05) is 82.3 Å². The van der Waals surface area contributed by atoms with Gasteiger partial charge in [0.2, 0.25) is 5.91 Å². The van der Waals surface area contributed by atoms with Crippen molar-refractivity contribution in [2.75, 3.05) is 5.32 Å². The summed E-state index contributed by atoms with van der Waals surface area (Å²) in [6, 6.07) is 16.5. The molecule has 0 saturated carbocycles. The van der Waals surface area contributed by atoms with E-state index in [1.54, 1.807) is 4.68 Å². The van der Waals surface area contributed by atoms with Crippen LogP contribution in [0.1, 0.15) is 36.3 Å². The average molecular weight is 415 g/mol. The van der Waals surface area contributed by atoms with Gasteiger partial charge < -0.3 is 5.32 Å². The summed E-state index contributed by atoms with van der Waals surface area (Å²) >= 11 is 0. The standard InChI is InChI=1S/C24H25N5O2/c1-5-20(23(30)25-18-11-9-10-15(2)14-18)29-24(31)21-17(4)28(19-12-7-6-8-13-19)27-22(21)16(3)26-29/h6-14,20H,5H2,1-4H3,(H,25,30)/t20-/m1/s1. The molecule has 2 heterocycles. The van der Waals surface area contributed by atoms with Crippen LogP contribution in [-0.4, -0.2) is 25.5 Å². The Morgan fingerprint density at radius 3 is 2.45 bits per heavy atom. The lowest BCUT2D eigenvalue weighted by Crippen LogP contribution is -2.35. The number of anilines is 1. The van der Waals surface area contributed by atoms with Crippen LogP contribution in [0.25, 0.3) is 16.6 Å². The van der Waals surface area contributed by atoms with Crippen molar-refractivity contribution in [3.63, 3.8) is 0 Å². The molecule has 7 heteroatoms. The molecule has 0 spiro atoms.